The Kier molecular flexibility index (Phi) is 2.36. The number of aliphatic hydroxyl groups is 1. The van der Waals surface area contributed by atoms with Crippen LogP contribution in [-0.2, 0) is 9.59 Å². The number of carboxylic acid groups (broad SMARTS) is 1. The predicted molar refractivity (Wildman–Crippen MR) is 32.1 cm³/mol. The van der Waals surface area contributed by atoms with E-state index in [4.69, 9.17) is 10.2 Å². The number of carboxylic acids is 1. The second-order valence-corrected chi connectivity index (χ2v) is 2.06. The van der Waals surface area contributed by atoms with Gasteiger partial charge < -0.3 is 15.5 Å². The first-order chi connectivity index (χ1) is 4.36. The normalized spacial score (nSPS) is 15.5. The first-order valence-corrected chi connectivity index (χ1v) is 2.61. The van der Waals surface area contributed by atoms with E-state index in [2.05, 4.69) is 0 Å². The Bertz CT molecular complexity index is 163. The van der Waals surface area contributed by atoms with Crippen molar-refractivity contribution in [1.29, 1.82) is 0 Å². The van der Waals surface area contributed by atoms with E-state index in [9.17, 15) is 9.59 Å². The number of carbonyl (C=O) groups excluding carboxylic acids is 1. The van der Waals surface area contributed by atoms with Gasteiger partial charge in [-0.1, -0.05) is 0 Å². The summed E-state index contributed by atoms with van der Waals surface area (Å²) in [5.74, 6) is -2.07. The van der Waals surface area contributed by atoms with E-state index in [-0.39, 0.29) is 0 Å². The minimum atomic E-state index is -2.16. The predicted octanol–water partition coefficient (Wildman–Crippen LogP) is -1.08. The van der Waals surface area contributed by atoms with E-state index in [0.717, 1.165) is 13.8 Å². The Balaban J connectivity index is 4.13. The molecule has 0 aromatic heterocycles. The average Bonchev–Trinajstić information content (AvgIpc) is 1.60. The molecule has 0 aliphatic rings. The Hall–Kier alpha value is -1.10. The van der Waals surface area contributed by atoms with Crippen molar-refractivity contribution >= 4 is 11.9 Å². The first-order valence-electron chi connectivity index (χ1n) is 2.61. The highest BCUT2D eigenvalue weighted by Gasteiger charge is 2.30. The molecule has 0 saturated heterocycles. The van der Waals surface area contributed by atoms with E-state index in [1.807, 2.05) is 5.32 Å². The van der Waals surface area contributed by atoms with Crippen LogP contribution < -0.4 is 5.32 Å². The summed E-state index contributed by atoms with van der Waals surface area (Å²) in [7, 11) is 0. The van der Waals surface area contributed by atoms with E-state index in [0.29, 0.717) is 0 Å². The van der Waals surface area contributed by atoms with Crippen LogP contribution in [0.2, 0.25) is 0 Å². The third-order valence-electron chi connectivity index (χ3n) is 0.836. The minimum Gasteiger partial charge on any atom is -0.478 e. The van der Waals surface area contributed by atoms with Crippen LogP contribution in [0.4, 0.5) is 0 Å². The zero-order valence-electron chi connectivity index (χ0n) is 5.71. The van der Waals surface area contributed by atoms with Gasteiger partial charge in [0.1, 0.15) is 0 Å². The highest BCUT2D eigenvalue weighted by molar-refractivity contribution is 5.83. The van der Waals surface area contributed by atoms with Crippen LogP contribution in [0.25, 0.3) is 0 Å². The Morgan fingerprint density at radius 2 is 1.90 bits per heavy atom. The number of amides is 1. The lowest BCUT2D eigenvalue weighted by atomic mass is 10.3. The maximum atomic E-state index is 10.2. The minimum absolute atomic E-state index is 0.590. The molecule has 0 heterocycles. The Labute approximate surface area is 57.7 Å². The summed E-state index contributed by atoms with van der Waals surface area (Å²) in [5, 5.41) is 18.9. The van der Waals surface area contributed by atoms with Crippen molar-refractivity contribution in [2.75, 3.05) is 0 Å². The number of nitrogens with one attached hydrogen (secondary N) is 1. The van der Waals surface area contributed by atoms with Gasteiger partial charge in [0, 0.05) is 6.92 Å². The van der Waals surface area contributed by atoms with Crippen molar-refractivity contribution in [3.8, 4) is 0 Å². The third-order valence-corrected chi connectivity index (χ3v) is 0.836. The van der Waals surface area contributed by atoms with E-state index in [1.165, 1.54) is 0 Å². The van der Waals surface area contributed by atoms with Crippen LogP contribution in [0.3, 0.4) is 0 Å². The zero-order valence-corrected chi connectivity index (χ0v) is 5.71. The van der Waals surface area contributed by atoms with Crippen LogP contribution in [-0.4, -0.2) is 27.8 Å². The van der Waals surface area contributed by atoms with Crippen LogP contribution in [0.1, 0.15) is 13.8 Å². The lowest BCUT2D eigenvalue weighted by molar-refractivity contribution is -0.162. The summed E-state index contributed by atoms with van der Waals surface area (Å²) >= 11 is 0. The molecule has 0 radical (unpaired) electrons. The second-order valence-electron chi connectivity index (χ2n) is 2.06. The summed E-state index contributed by atoms with van der Waals surface area (Å²) in [6, 6.07) is 0. The fourth-order valence-corrected chi connectivity index (χ4v) is 0.396. The number of hydrogen-bond donors (Lipinski definition) is 3. The molecule has 0 bridgehead atoms. The molecule has 0 aromatic carbocycles. The van der Waals surface area contributed by atoms with E-state index >= 15 is 0 Å². The molecule has 5 nitrogen and oxygen atoms in total. The summed E-state index contributed by atoms with van der Waals surface area (Å²) in [6.07, 6.45) is 0. The summed E-state index contributed by atoms with van der Waals surface area (Å²) < 4.78 is 0. The Morgan fingerprint density at radius 3 is 2.00 bits per heavy atom. The maximum Gasteiger partial charge on any atom is 0.356 e. The van der Waals surface area contributed by atoms with Crippen LogP contribution >= 0.6 is 0 Å². The number of aliphatic carboxylic acids is 1. The second kappa shape index (κ2) is 2.66. The molecule has 3 N–H and O–H groups in total. The van der Waals surface area contributed by atoms with Crippen molar-refractivity contribution in [2.24, 2.45) is 0 Å². The molecule has 0 saturated carbocycles. The number of carbonyl (C=O) groups is 2. The Morgan fingerprint density at radius 1 is 1.50 bits per heavy atom. The molecule has 1 amide bonds. The van der Waals surface area contributed by atoms with Gasteiger partial charge in [0.25, 0.3) is 0 Å². The van der Waals surface area contributed by atoms with Crippen molar-refractivity contribution in [3.05, 3.63) is 0 Å². The molecule has 10 heavy (non-hydrogen) atoms. The summed E-state index contributed by atoms with van der Waals surface area (Å²) in [5.41, 5.74) is -2.16. The molecule has 0 rings (SSSR count). The van der Waals surface area contributed by atoms with Crippen LogP contribution in [0.5, 0.6) is 0 Å². The monoisotopic (exact) mass is 147 g/mol. The molecule has 0 fully saturated rings. The van der Waals surface area contributed by atoms with Crippen molar-refractivity contribution in [3.63, 3.8) is 0 Å². The molecule has 5 heteroatoms. The maximum absolute atomic E-state index is 10.2. The summed E-state index contributed by atoms with van der Waals surface area (Å²) in [4.78, 5) is 20.3. The lowest BCUT2D eigenvalue weighted by Crippen LogP contribution is -2.51. The van der Waals surface area contributed by atoms with Crippen molar-refractivity contribution in [1.82, 2.24) is 5.32 Å². The lowest BCUT2D eigenvalue weighted by Gasteiger charge is -2.17. The van der Waals surface area contributed by atoms with Gasteiger partial charge in [-0.15, -0.1) is 0 Å². The molecule has 0 unspecified atom stereocenters. The van der Waals surface area contributed by atoms with Crippen molar-refractivity contribution < 1.29 is 19.8 Å². The molecule has 0 aliphatic heterocycles. The van der Waals surface area contributed by atoms with Gasteiger partial charge in [-0.25, -0.2) is 4.79 Å². The van der Waals surface area contributed by atoms with Gasteiger partial charge in [-0.2, -0.15) is 0 Å². The van der Waals surface area contributed by atoms with E-state index < -0.39 is 17.6 Å². The van der Waals surface area contributed by atoms with Gasteiger partial charge in [0.15, 0.2) is 0 Å². The van der Waals surface area contributed by atoms with Gasteiger partial charge in [0.05, 0.1) is 0 Å². The molecular weight excluding hydrogens is 138 g/mol. The fourth-order valence-electron chi connectivity index (χ4n) is 0.396. The molecule has 1 atom stereocenters. The summed E-state index contributed by atoms with van der Waals surface area (Å²) in [6.45, 7) is 2.11. The van der Waals surface area contributed by atoms with Gasteiger partial charge in [0.2, 0.25) is 11.6 Å². The third kappa shape index (κ3) is 2.45. The number of hydrogen-bond acceptors (Lipinski definition) is 3. The number of rotatable bonds is 2. The van der Waals surface area contributed by atoms with Gasteiger partial charge in [-0.3, -0.25) is 4.79 Å². The van der Waals surface area contributed by atoms with Gasteiger partial charge in [-0.05, 0) is 6.92 Å². The molecular formula is C5H9NO4. The average molecular weight is 147 g/mol. The van der Waals surface area contributed by atoms with E-state index in [1.54, 1.807) is 0 Å². The molecule has 0 aliphatic carbocycles. The largest absolute Gasteiger partial charge is 0.478 e. The highest BCUT2D eigenvalue weighted by atomic mass is 16.4. The smallest absolute Gasteiger partial charge is 0.356 e. The van der Waals surface area contributed by atoms with Crippen molar-refractivity contribution in [2.45, 2.75) is 19.6 Å². The zero-order chi connectivity index (χ0) is 8.36. The molecule has 58 valence electrons. The van der Waals surface area contributed by atoms with Crippen LogP contribution in [0.15, 0.2) is 0 Å². The first kappa shape index (κ1) is 8.90. The fraction of sp³-hybridized carbons (Fsp3) is 0.600. The highest BCUT2D eigenvalue weighted by Crippen LogP contribution is 1.96. The molecule has 0 aromatic rings. The topological polar surface area (TPSA) is 86.6 Å². The quantitative estimate of drug-likeness (QED) is 0.433. The van der Waals surface area contributed by atoms with Gasteiger partial charge >= 0.3 is 5.97 Å². The molecule has 0 spiro atoms. The SMILES string of the molecule is CC(=O)N[C@](C)(O)C(=O)O. The van der Waals surface area contributed by atoms with Crippen LogP contribution in [0, 0.1) is 0 Å². The standard InChI is InChI=1S/C5H9NO4/c1-3(7)6-5(2,10)4(8)9/h10H,1-2H3,(H,6,7)(H,8,9)/t5-/m1/s1.